The molecule has 2 fully saturated rings. The molecule has 0 aromatic carbocycles. The average molecular weight is 295 g/mol. The molecule has 0 spiro atoms. The summed E-state index contributed by atoms with van der Waals surface area (Å²) in [6.07, 6.45) is 9.89. The molecule has 1 atom stereocenters. The Morgan fingerprint density at radius 2 is 1.67 bits per heavy atom. The van der Waals surface area contributed by atoms with Crippen LogP contribution in [0.2, 0.25) is 0 Å². The number of likely N-dealkylation sites (tertiary alicyclic amines) is 1. The Bertz CT molecular complexity index is 280. The van der Waals surface area contributed by atoms with Gasteiger partial charge in [-0.15, -0.1) is 0 Å². The van der Waals surface area contributed by atoms with Crippen LogP contribution in [0.25, 0.3) is 0 Å². The van der Waals surface area contributed by atoms with Crippen LogP contribution in [0.1, 0.15) is 72.6 Å². The highest BCUT2D eigenvalue weighted by atomic mass is 15.2. The third-order valence-corrected chi connectivity index (χ3v) is 5.89. The number of hydrogen-bond donors (Lipinski definition) is 1. The number of nitrogens with one attached hydrogen (secondary N) is 1. The molecule has 1 aliphatic carbocycles. The molecule has 21 heavy (non-hydrogen) atoms. The zero-order chi connectivity index (χ0) is 15.3. The van der Waals surface area contributed by atoms with E-state index in [0.717, 1.165) is 17.9 Å². The van der Waals surface area contributed by atoms with Crippen LogP contribution in [-0.2, 0) is 0 Å². The molecule has 0 aromatic rings. The molecule has 2 nitrogen and oxygen atoms in total. The van der Waals surface area contributed by atoms with Crippen molar-refractivity contribution < 1.29 is 0 Å². The second-order valence-electron chi connectivity index (χ2n) is 8.55. The van der Waals surface area contributed by atoms with Crippen molar-refractivity contribution in [3.63, 3.8) is 0 Å². The van der Waals surface area contributed by atoms with Crippen molar-refractivity contribution in [2.75, 3.05) is 26.2 Å². The zero-order valence-corrected chi connectivity index (χ0v) is 15.0. The van der Waals surface area contributed by atoms with Crippen LogP contribution in [0.5, 0.6) is 0 Å². The van der Waals surface area contributed by atoms with Crippen LogP contribution in [0.15, 0.2) is 0 Å². The molecule has 0 radical (unpaired) electrons. The van der Waals surface area contributed by atoms with Crippen molar-refractivity contribution in [3.8, 4) is 0 Å². The van der Waals surface area contributed by atoms with E-state index in [2.05, 4.69) is 37.9 Å². The summed E-state index contributed by atoms with van der Waals surface area (Å²) in [5, 5.41) is 3.86. The van der Waals surface area contributed by atoms with Crippen LogP contribution >= 0.6 is 0 Å². The Balaban J connectivity index is 1.80. The van der Waals surface area contributed by atoms with Gasteiger partial charge in [-0.1, -0.05) is 40.5 Å². The van der Waals surface area contributed by atoms with Crippen molar-refractivity contribution in [2.45, 2.75) is 78.7 Å². The Kier molecular flexibility index (Phi) is 6.55. The van der Waals surface area contributed by atoms with Gasteiger partial charge >= 0.3 is 0 Å². The Labute approximate surface area is 133 Å². The number of piperidine rings is 1. The largest absolute Gasteiger partial charge is 0.312 e. The monoisotopic (exact) mass is 294 g/mol. The van der Waals surface area contributed by atoms with Crippen molar-refractivity contribution >= 4 is 0 Å². The second kappa shape index (κ2) is 7.97. The van der Waals surface area contributed by atoms with Gasteiger partial charge < -0.3 is 10.2 Å². The minimum atomic E-state index is 0.497. The molecule has 2 rings (SSSR count). The topological polar surface area (TPSA) is 15.3 Å². The van der Waals surface area contributed by atoms with Gasteiger partial charge in [-0.3, -0.25) is 0 Å². The van der Waals surface area contributed by atoms with E-state index in [1.54, 1.807) is 0 Å². The predicted molar refractivity (Wildman–Crippen MR) is 92.7 cm³/mol. The lowest BCUT2D eigenvalue weighted by Crippen LogP contribution is -2.48. The molecule has 0 amide bonds. The first-order valence-electron chi connectivity index (χ1n) is 9.46. The summed E-state index contributed by atoms with van der Waals surface area (Å²) in [6, 6.07) is 0.749. The van der Waals surface area contributed by atoms with E-state index in [1.165, 1.54) is 71.1 Å². The van der Waals surface area contributed by atoms with Crippen molar-refractivity contribution in [3.05, 3.63) is 0 Å². The molecular formula is C19H38N2. The van der Waals surface area contributed by atoms with Crippen molar-refractivity contribution in [1.82, 2.24) is 10.2 Å². The van der Waals surface area contributed by atoms with Gasteiger partial charge in [-0.25, -0.2) is 0 Å². The fourth-order valence-corrected chi connectivity index (χ4v) is 4.33. The Morgan fingerprint density at radius 1 is 1.05 bits per heavy atom. The molecule has 0 bridgehead atoms. The van der Waals surface area contributed by atoms with Gasteiger partial charge in [0.25, 0.3) is 0 Å². The Morgan fingerprint density at radius 3 is 2.19 bits per heavy atom. The summed E-state index contributed by atoms with van der Waals surface area (Å²) in [7, 11) is 0. The van der Waals surface area contributed by atoms with Crippen LogP contribution in [0.4, 0.5) is 0 Å². The third kappa shape index (κ3) is 5.25. The van der Waals surface area contributed by atoms with Gasteiger partial charge in [0.1, 0.15) is 0 Å². The van der Waals surface area contributed by atoms with Crippen molar-refractivity contribution in [1.29, 1.82) is 0 Å². The second-order valence-corrected chi connectivity index (χ2v) is 8.55. The van der Waals surface area contributed by atoms with E-state index in [1.807, 2.05) is 0 Å². The van der Waals surface area contributed by atoms with Gasteiger partial charge in [-0.05, 0) is 69.0 Å². The summed E-state index contributed by atoms with van der Waals surface area (Å²) in [5.74, 6) is 1.86. The van der Waals surface area contributed by atoms with Gasteiger partial charge in [-0.2, -0.15) is 0 Å². The Hall–Kier alpha value is -0.0800. The maximum Gasteiger partial charge on any atom is 0.0223 e. The normalized spacial score (nSPS) is 24.6. The first-order valence-corrected chi connectivity index (χ1v) is 9.46. The van der Waals surface area contributed by atoms with Gasteiger partial charge in [0.05, 0.1) is 0 Å². The summed E-state index contributed by atoms with van der Waals surface area (Å²) in [5.41, 5.74) is 0.497. The molecular weight excluding hydrogens is 256 g/mol. The van der Waals surface area contributed by atoms with E-state index in [9.17, 15) is 0 Å². The summed E-state index contributed by atoms with van der Waals surface area (Å²) >= 11 is 0. The van der Waals surface area contributed by atoms with E-state index in [4.69, 9.17) is 0 Å². The number of rotatable bonds is 6. The third-order valence-electron chi connectivity index (χ3n) is 5.89. The van der Waals surface area contributed by atoms with E-state index in [0.29, 0.717) is 5.41 Å². The average Bonchev–Trinajstić information content (AvgIpc) is 2.97. The smallest absolute Gasteiger partial charge is 0.0223 e. The van der Waals surface area contributed by atoms with Crippen LogP contribution in [0, 0.1) is 17.3 Å². The minimum Gasteiger partial charge on any atom is -0.312 e. The minimum absolute atomic E-state index is 0.497. The lowest BCUT2D eigenvalue weighted by Gasteiger charge is -2.40. The quantitative estimate of drug-likeness (QED) is 0.785. The van der Waals surface area contributed by atoms with Crippen LogP contribution < -0.4 is 5.32 Å². The highest BCUT2D eigenvalue weighted by Gasteiger charge is 2.31. The zero-order valence-electron chi connectivity index (χ0n) is 15.0. The number of nitrogens with zero attached hydrogens (tertiary/aromatic N) is 1. The summed E-state index contributed by atoms with van der Waals surface area (Å²) in [4.78, 5) is 2.74. The molecule has 124 valence electrons. The summed E-state index contributed by atoms with van der Waals surface area (Å²) in [6.45, 7) is 14.7. The first kappa shape index (κ1) is 17.3. The summed E-state index contributed by atoms with van der Waals surface area (Å²) < 4.78 is 0. The number of hydrogen-bond acceptors (Lipinski definition) is 2. The maximum atomic E-state index is 3.86. The highest BCUT2D eigenvalue weighted by molar-refractivity contribution is 4.86. The van der Waals surface area contributed by atoms with E-state index < -0.39 is 0 Å². The molecule has 1 N–H and O–H groups in total. The molecule has 1 saturated heterocycles. The van der Waals surface area contributed by atoms with Crippen LogP contribution in [0.3, 0.4) is 0 Å². The fraction of sp³-hybridized carbons (Fsp3) is 1.00. The molecule has 1 aliphatic heterocycles. The van der Waals surface area contributed by atoms with E-state index in [-0.39, 0.29) is 0 Å². The van der Waals surface area contributed by atoms with Gasteiger partial charge in [0.15, 0.2) is 0 Å². The molecule has 1 unspecified atom stereocenters. The molecule has 1 heterocycles. The lowest BCUT2D eigenvalue weighted by atomic mass is 9.75. The molecule has 2 aliphatic rings. The molecule has 1 saturated carbocycles. The standard InChI is InChI=1S/C19H38N2/c1-5-12-20-18(16-8-6-7-9-16)15-21-13-10-17(11-14-21)19(2,3)4/h16-18,20H,5-15H2,1-4H3. The van der Waals surface area contributed by atoms with Gasteiger partial charge in [0, 0.05) is 12.6 Å². The molecule has 2 heteroatoms. The van der Waals surface area contributed by atoms with E-state index >= 15 is 0 Å². The van der Waals surface area contributed by atoms with Crippen LogP contribution in [-0.4, -0.2) is 37.1 Å². The van der Waals surface area contributed by atoms with Crippen molar-refractivity contribution in [2.24, 2.45) is 17.3 Å². The fourth-order valence-electron chi connectivity index (χ4n) is 4.33. The maximum absolute atomic E-state index is 3.86. The predicted octanol–water partition coefficient (Wildman–Crippen LogP) is 4.30. The first-order chi connectivity index (χ1) is 10.0. The van der Waals surface area contributed by atoms with Gasteiger partial charge in [0.2, 0.25) is 0 Å². The molecule has 0 aromatic heterocycles. The lowest BCUT2D eigenvalue weighted by molar-refractivity contribution is 0.0983. The SMILES string of the molecule is CCCNC(CN1CCC(C(C)(C)C)CC1)C1CCCC1. The highest BCUT2D eigenvalue weighted by Crippen LogP contribution is 2.35.